The molecule has 0 bridgehead atoms. The number of hydrogen-bond donors (Lipinski definition) is 1. The third-order valence-corrected chi connectivity index (χ3v) is 4.53. The summed E-state index contributed by atoms with van der Waals surface area (Å²) in [6.45, 7) is 0.296. The van der Waals surface area contributed by atoms with Crippen molar-refractivity contribution in [2.45, 2.75) is 38.1 Å². The predicted octanol–water partition coefficient (Wildman–Crippen LogP) is 2.32. The van der Waals surface area contributed by atoms with Gasteiger partial charge in [0.15, 0.2) is 6.23 Å². The molecular formula is C14H19F3N4O2. The summed E-state index contributed by atoms with van der Waals surface area (Å²) in [7, 11) is 1.64. The minimum absolute atomic E-state index is 0.0750. The highest BCUT2D eigenvalue weighted by Gasteiger charge is 2.41. The van der Waals surface area contributed by atoms with Crippen LogP contribution in [0.5, 0.6) is 0 Å². The molecule has 0 saturated heterocycles. The quantitative estimate of drug-likeness (QED) is 0.903. The van der Waals surface area contributed by atoms with Crippen molar-refractivity contribution in [3.05, 3.63) is 18.2 Å². The molecule has 0 radical (unpaired) electrons. The fourth-order valence-corrected chi connectivity index (χ4v) is 3.01. The number of amidine groups is 1. The van der Waals surface area contributed by atoms with E-state index in [1.807, 2.05) is 0 Å². The molecule has 2 aliphatic rings. The SMILES string of the molecule is CN1C(OCC2CCC(C(F)(F)F)CC2)=Nn2cncc2C1O. The Morgan fingerprint density at radius 2 is 2.00 bits per heavy atom. The highest BCUT2D eigenvalue weighted by molar-refractivity contribution is 5.74. The van der Waals surface area contributed by atoms with Crippen LogP contribution in [0.4, 0.5) is 13.2 Å². The van der Waals surface area contributed by atoms with E-state index in [0.29, 0.717) is 25.1 Å². The second-order valence-corrected chi connectivity index (χ2v) is 6.10. The maximum atomic E-state index is 12.7. The number of hydrogen-bond acceptors (Lipinski definition) is 5. The van der Waals surface area contributed by atoms with Crippen molar-refractivity contribution < 1.29 is 23.0 Å². The van der Waals surface area contributed by atoms with Crippen molar-refractivity contribution in [3.63, 3.8) is 0 Å². The summed E-state index contributed by atoms with van der Waals surface area (Å²) in [6, 6.07) is 0.237. The number of rotatable bonds is 2. The van der Waals surface area contributed by atoms with Crippen molar-refractivity contribution >= 4 is 6.02 Å². The molecule has 6 nitrogen and oxygen atoms in total. The van der Waals surface area contributed by atoms with Crippen molar-refractivity contribution in [1.82, 2.24) is 14.6 Å². The molecule has 1 aromatic rings. The van der Waals surface area contributed by atoms with E-state index in [9.17, 15) is 18.3 Å². The molecule has 0 spiro atoms. The zero-order chi connectivity index (χ0) is 16.6. The van der Waals surface area contributed by atoms with Crippen LogP contribution in [-0.4, -0.2) is 45.5 Å². The monoisotopic (exact) mass is 332 g/mol. The van der Waals surface area contributed by atoms with Crippen LogP contribution in [0.2, 0.25) is 0 Å². The van der Waals surface area contributed by atoms with Gasteiger partial charge in [0.2, 0.25) is 0 Å². The molecule has 1 aliphatic heterocycles. The van der Waals surface area contributed by atoms with E-state index in [2.05, 4.69) is 10.1 Å². The first-order valence-corrected chi connectivity index (χ1v) is 7.58. The summed E-state index contributed by atoms with van der Waals surface area (Å²) >= 11 is 0. The number of ether oxygens (including phenoxy) is 1. The van der Waals surface area contributed by atoms with Crippen LogP contribution in [0, 0.1) is 11.8 Å². The van der Waals surface area contributed by atoms with Crippen LogP contribution in [0.15, 0.2) is 17.6 Å². The molecule has 3 rings (SSSR count). The first-order chi connectivity index (χ1) is 10.9. The summed E-state index contributed by atoms with van der Waals surface area (Å²) in [5, 5.41) is 14.3. The van der Waals surface area contributed by atoms with Crippen LogP contribution in [-0.2, 0) is 4.74 Å². The van der Waals surface area contributed by atoms with E-state index in [1.54, 1.807) is 7.05 Å². The van der Waals surface area contributed by atoms with Gasteiger partial charge in [-0.25, -0.2) is 9.66 Å². The Morgan fingerprint density at radius 3 is 2.65 bits per heavy atom. The van der Waals surface area contributed by atoms with E-state index < -0.39 is 18.3 Å². The summed E-state index contributed by atoms with van der Waals surface area (Å²) in [5.74, 6) is -1.12. The molecule has 1 atom stereocenters. The summed E-state index contributed by atoms with van der Waals surface area (Å²) in [5.41, 5.74) is 0.533. The number of fused-ring (bicyclic) bond motifs is 1. The Morgan fingerprint density at radius 1 is 1.30 bits per heavy atom. The lowest BCUT2D eigenvalue weighted by Gasteiger charge is -2.32. The fraction of sp³-hybridized carbons (Fsp3) is 0.714. The Bertz CT molecular complexity index is 579. The molecule has 0 aromatic carbocycles. The number of halogens is 3. The van der Waals surface area contributed by atoms with Gasteiger partial charge in [-0.1, -0.05) is 0 Å². The molecule has 1 fully saturated rings. The molecule has 2 heterocycles. The zero-order valence-electron chi connectivity index (χ0n) is 12.7. The molecule has 0 amide bonds. The van der Waals surface area contributed by atoms with Crippen LogP contribution in [0.25, 0.3) is 0 Å². The van der Waals surface area contributed by atoms with Crippen LogP contribution >= 0.6 is 0 Å². The van der Waals surface area contributed by atoms with Crippen molar-refractivity contribution in [2.75, 3.05) is 13.7 Å². The van der Waals surface area contributed by atoms with Crippen molar-refractivity contribution in [3.8, 4) is 0 Å². The summed E-state index contributed by atoms with van der Waals surface area (Å²) in [4.78, 5) is 5.38. The molecule has 9 heteroatoms. The topological polar surface area (TPSA) is 62.9 Å². The van der Waals surface area contributed by atoms with Gasteiger partial charge in [-0.2, -0.15) is 13.2 Å². The largest absolute Gasteiger partial charge is 0.464 e. The number of imidazole rings is 1. The molecule has 128 valence electrons. The maximum Gasteiger partial charge on any atom is 0.391 e. The van der Waals surface area contributed by atoms with Gasteiger partial charge in [-0.3, -0.25) is 4.90 Å². The zero-order valence-corrected chi connectivity index (χ0v) is 12.7. The van der Waals surface area contributed by atoms with Gasteiger partial charge in [-0.05, 0) is 31.6 Å². The standard InChI is InChI=1S/C14H19F3N4O2/c1-20-12(22)11-6-18-8-21(11)19-13(20)23-7-9-2-4-10(5-3-9)14(15,16)17/h6,8-10,12,22H,2-5,7H2,1H3. The lowest BCUT2D eigenvalue weighted by Crippen LogP contribution is -2.39. The first kappa shape index (κ1) is 16.1. The Labute approximate surface area is 131 Å². The van der Waals surface area contributed by atoms with Gasteiger partial charge >= 0.3 is 12.2 Å². The normalized spacial score (nSPS) is 28.3. The van der Waals surface area contributed by atoms with E-state index in [-0.39, 0.29) is 24.8 Å². The number of aliphatic hydroxyl groups excluding tert-OH is 1. The summed E-state index contributed by atoms with van der Waals surface area (Å²) in [6.07, 6.45) is -0.765. The average molecular weight is 332 g/mol. The molecule has 23 heavy (non-hydrogen) atoms. The highest BCUT2D eigenvalue weighted by Crippen LogP contribution is 2.39. The molecule has 1 saturated carbocycles. The first-order valence-electron chi connectivity index (χ1n) is 7.58. The second-order valence-electron chi connectivity index (χ2n) is 6.10. The third-order valence-electron chi connectivity index (χ3n) is 4.53. The van der Waals surface area contributed by atoms with Gasteiger partial charge in [0.05, 0.1) is 18.7 Å². The van der Waals surface area contributed by atoms with Gasteiger partial charge < -0.3 is 9.84 Å². The number of aromatic nitrogens is 2. The number of nitrogens with zero attached hydrogens (tertiary/aromatic N) is 4. The molecule has 1 aliphatic carbocycles. The molecule has 1 N–H and O–H groups in total. The molecule has 1 unspecified atom stereocenters. The minimum atomic E-state index is -4.10. The lowest BCUT2D eigenvalue weighted by atomic mass is 9.82. The second kappa shape index (κ2) is 6.03. The lowest BCUT2D eigenvalue weighted by molar-refractivity contribution is -0.184. The summed E-state index contributed by atoms with van der Waals surface area (Å²) < 4.78 is 45.0. The van der Waals surface area contributed by atoms with Gasteiger partial charge in [0, 0.05) is 7.05 Å². The van der Waals surface area contributed by atoms with Crippen molar-refractivity contribution in [2.24, 2.45) is 16.9 Å². The fourth-order valence-electron chi connectivity index (χ4n) is 3.01. The van der Waals surface area contributed by atoms with E-state index in [4.69, 9.17) is 4.74 Å². The maximum absolute atomic E-state index is 12.7. The smallest absolute Gasteiger partial charge is 0.391 e. The minimum Gasteiger partial charge on any atom is -0.464 e. The van der Waals surface area contributed by atoms with E-state index in [1.165, 1.54) is 22.1 Å². The van der Waals surface area contributed by atoms with Crippen LogP contribution < -0.4 is 0 Å². The predicted molar refractivity (Wildman–Crippen MR) is 75.2 cm³/mol. The van der Waals surface area contributed by atoms with Gasteiger partial charge in [-0.15, -0.1) is 5.10 Å². The number of alkyl halides is 3. The van der Waals surface area contributed by atoms with E-state index >= 15 is 0 Å². The van der Waals surface area contributed by atoms with Gasteiger partial charge in [0.25, 0.3) is 0 Å². The third kappa shape index (κ3) is 3.29. The average Bonchev–Trinajstić information content (AvgIpc) is 2.97. The van der Waals surface area contributed by atoms with Crippen LogP contribution in [0.1, 0.15) is 37.6 Å². The Kier molecular flexibility index (Phi) is 4.22. The highest BCUT2D eigenvalue weighted by atomic mass is 19.4. The van der Waals surface area contributed by atoms with Gasteiger partial charge in [0.1, 0.15) is 12.0 Å². The van der Waals surface area contributed by atoms with E-state index in [0.717, 1.165) is 0 Å². The molecule has 1 aromatic heterocycles. The molecular weight excluding hydrogens is 313 g/mol. The number of aliphatic hydroxyl groups is 1. The Balaban J connectivity index is 1.56. The van der Waals surface area contributed by atoms with Crippen LogP contribution in [0.3, 0.4) is 0 Å². The Hall–Kier alpha value is -1.77. The van der Waals surface area contributed by atoms with Crippen molar-refractivity contribution in [1.29, 1.82) is 0 Å².